The fourth-order valence-corrected chi connectivity index (χ4v) is 4.30. The maximum absolute atomic E-state index is 12.6. The maximum atomic E-state index is 12.6. The van der Waals surface area contributed by atoms with Crippen LogP contribution in [0.2, 0.25) is 0 Å². The Labute approximate surface area is 163 Å². The molecule has 11 heteroatoms. The first-order valence-corrected chi connectivity index (χ1v) is 10.6. The van der Waals surface area contributed by atoms with Crippen LogP contribution in [-0.2, 0) is 27.8 Å². The molecule has 4 N–H and O–H groups in total. The molecular weight excluding hydrogens is 408 g/mol. The number of carbonyl (C=O) groups excluding carboxylic acids is 1. The lowest BCUT2D eigenvalue weighted by Gasteiger charge is -2.08. The first-order chi connectivity index (χ1) is 12.7. The van der Waals surface area contributed by atoms with E-state index < -0.39 is 15.9 Å². The minimum Gasteiger partial charge on any atom is -0.325 e. The first kappa shape index (κ1) is 19.4. The average Bonchev–Trinajstić information content (AvgIpc) is 3.01. The van der Waals surface area contributed by atoms with Gasteiger partial charge >= 0.3 is 0 Å². The van der Waals surface area contributed by atoms with Crippen LogP contribution in [0.25, 0.3) is 10.2 Å². The molecule has 0 aliphatic heterocycles. The topological polar surface area (TPSA) is 127 Å². The molecule has 2 heterocycles. The molecule has 0 radical (unpaired) electrons. The molecule has 0 unspecified atom stereocenters. The van der Waals surface area contributed by atoms with E-state index in [2.05, 4.69) is 10.3 Å². The van der Waals surface area contributed by atoms with Crippen molar-refractivity contribution in [3.05, 3.63) is 50.3 Å². The quantitative estimate of drug-likeness (QED) is 0.540. The van der Waals surface area contributed by atoms with Gasteiger partial charge in [0.2, 0.25) is 15.9 Å². The number of amides is 1. The largest absolute Gasteiger partial charge is 0.325 e. The molecule has 1 amide bonds. The van der Waals surface area contributed by atoms with E-state index in [-0.39, 0.29) is 21.8 Å². The van der Waals surface area contributed by atoms with E-state index in [4.69, 9.17) is 17.4 Å². The third-order valence-corrected chi connectivity index (χ3v) is 6.29. The lowest BCUT2D eigenvalue weighted by molar-refractivity contribution is -0.116. The number of fused-ring (bicyclic) bond motifs is 1. The van der Waals surface area contributed by atoms with Crippen molar-refractivity contribution in [3.8, 4) is 0 Å². The third kappa shape index (κ3) is 4.16. The molecule has 2 aromatic heterocycles. The van der Waals surface area contributed by atoms with Gasteiger partial charge in [-0.15, -0.1) is 11.3 Å². The molecule has 3 rings (SSSR count). The van der Waals surface area contributed by atoms with Crippen LogP contribution in [0, 0.1) is 4.77 Å². The zero-order valence-corrected chi connectivity index (χ0v) is 16.6. The highest BCUT2D eigenvalue weighted by Crippen LogP contribution is 2.21. The molecule has 0 atom stereocenters. The maximum Gasteiger partial charge on any atom is 0.263 e. The second-order valence-corrected chi connectivity index (χ2v) is 8.83. The highest BCUT2D eigenvalue weighted by atomic mass is 32.2. The second kappa shape index (κ2) is 7.35. The van der Waals surface area contributed by atoms with E-state index in [1.54, 1.807) is 6.07 Å². The number of nitrogens with one attached hydrogen (secondary N) is 2. The van der Waals surface area contributed by atoms with Gasteiger partial charge in [0.25, 0.3) is 5.56 Å². The summed E-state index contributed by atoms with van der Waals surface area (Å²) in [5, 5.41) is 8.13. The molecule has 0 bridgehead atoms. The van der Waals surface area contributed by atoms with Crippen LogP contribution in [0.3, 0.4) is 0 Å². The highest BCUT2D eigenvalue weighted by molar-refractivity contribution is 7.89. The third-order valence-electron chi connectivity index (χ3n) is 3.84. The zero-order chi connectivity index (χ0) is 19.8. The number of benzene rings is 1. The molecule has 0 fully saturated rings. The van der Waals surface area contributed by atoms with Gasteiger partial charge in [0, 0.05) is 10.6 Å². The molecule has 3 aromatic rings. The van der Waals surface area contributed by atoms with Crippen LogP contribution in [0.5, 0.6) is 0 Å². The van der Waals surface area contributed by atoms with E-state index >= 15 is 0 Å². The monoisotopic (exact) mass is 424 g/mol. The smallest absolute Gasteiger partial charge is 0.263 e. The second-order valence-electron chi connectivity index (χ2n) is 5.75. The number of primary sulfonamides is 1. The zero-order valence-electron chi connectivity index (χ0n) is 14.2. The number of anilines is 1. The predicted octanol–water partition coefficient (Wildman–Crippen LogP) is 1.97. The highest BCUT2D eigenvalue weighted by Gasteiger charge is 2.13. The summed E-state index contributed by atoms with van der Waals surface area (Å²) in [5.41, 5.74) is 0.0460. The number of hydrogen-bond acceptors (Lipinski definition) is 6. The number of thiophene rings is 1. The van der Waals surface area contributed by atoms with E-state index in [1.165, 1.54) is 40.2 Å². The van der Waals surface area contributed by atoms with E-state index in [0.717, 1.165) is 11.3 Å². The van der Waals surface area contributed by atoms with Crippen molar-refractivity contribution in [2.24, 2.45) is 5.14 Å². The van der Waals surface area contributed by atoms with Gasteiger partial charge < -0.3 is 10.3 Å². The van der Waals surface area contributed by atoms with Crippen molar-refractivity contribution < 1.29 is 13.2 Å². The van der Waals surface area contributed by atoms with Gasteiger partial charge in [0.05, 0.1) is 10.3 Å². The van der Waals surface area contributed by atoms with Crippen molar-refractivity contribution in [2.45, 2.75) is 24.8 Å². The molecule has 0 aliphatic rings. The van der Waals surface area contributed by atoms with Gasteiger partial charge in [-0.1, -0.05) is 6.92 Å². The number of sulfonamides is 1. The summed E-state index contributed by atoms with van der Waals surface area (Å²) >= 11 is 6.67. The summed E-state index contributed by atoms with van der Waals surface area (Å²) in [6.45, 7) is 1.73. The van der Waals surface area contributed by atoms with Crippen LogP contribution < -0.4 is 16.0 Å². The number of nitrogens with zero attached hydrogens (tertiary/aromatic N) is 1. The Morgan fingerprint density at radius 3 is 2.59 bits per heavy atom. The number of hydrogen-bond donors (Lipinski definition) is 3. The summed E-state index contributed by atoms with van der Waals surface area (Å²) in [6, 6.07) is 7.20. The Hall–Kier alpha value is -2.34. The number of rotatable bonds is 5. The fraction of sp³-hybridized carbons (Fsp3) is 0.188. The van der Waals surface area contributed by atoms with Crippen molar-refractivity contribution in [3.63, 3.8) is 0 Å². The predicted molar refractivity (Wildman–Crippen MR) is 107 cm³/mol. The molecule has 27 heavy (non-hydrogen) atoms. The first-order valence-electron chi connectivity index (χ1n) is 7.87. The molecular formula is C16H16N4O4S3. The summed E-state index contributed by atoms with van der Waals surface area (Å²) in [4.78, 5) is 29.6. The van der Waals surface area contributed by atoms with E-state index in [9.17, 15) is 18.0 Å². The van der Waals surface area contributed by atoms with Gasteiger partial charge in [-0.25, -0.2) is 13.6 Å². The molecule has 8 nitrogen and oxygen atoms in total. The number of H-pyrrole nitrogens is 1. The van der Waals surface area contributed by atoms with Crippen molar-refractivity contribution in [1.29, 1.82) is 0 Å². The lowest BCUT2D eigenvalue weighted by atomic mass is 10.3. The van der Waals surface area contributed by atoms with Gasteiger partial charge in [-0.05, 0) is 49.0 Å². The van der Waals surface area contributed by atoms with Crippen LogP contribution in [0.4, 0.5) is 5.69 Å². The molecule has 0 aliphatic carbocycles. The van der Waals surface area contributed by atoms with Crippen molar-refractivity contribution >= 4 is 55.4 Å². The molecule has 0 saturated carbocycles. The Morgan fingerprint density at radius 1 is 1.33 bits per heavy atom. The Balaban J connectivity index is 1.84. The number of nitrogens with two attached hydrogens (primary N) is 1. The summed E-state index contributed by atoms with van der Waals surface area (Å²) < 4.78 is 23.9. The number of aromatic nitrogens is 2. The number of aromatic amines is 1. The molecule has 1 aromatic carbocycles. The van der Waals surface area contributed by atoms with Gasteiger partial charge in [-0.2, -0.15) is 0 Å². The van der Waals surface area contributed by atoms with Gasteiger partial charge in [-0.3, -0.25) is 14.2 Å². The number of aryl methyl sites for hydroxylation is 1. The van der Waals surface area contributed by atoms with Crippen LogP contribution in [-0.4, -0.2) is 23.9 Å². The standard InChI is InChI=1S/C16H16N4O4S3/c1-2-10-7-12-14(26-10)19-16(25)20(15(12)22)8-13(21)18-9-3-5-11(6-4-9)27(17,23)24/h3-7H,2,8H2,1H3,(H,18,21)(H,19,25)(H2,17,23,24). The molecule has 142 valence electrons. The summed E-state index contributed by atoms with van der Waals surface area (Å²) in [6.07, 6.45) is 0.800. The van der Waals surface area contributed by atoms with Crippen LogP contribution >= 0.6 is 23.6 Å². The van der Waals surface area contributed by atoms with E-state index in [1.807, 2.05) is 6.92 Å². The van der Waals surface area contributed by atoms with E-state index in [0.29, 0.717) is 15.9 Å². The van der Waals surface area contributed by atoms with Crippen molar-refractivity contribution in [1.82, 2.24) is 9.55 Å². The van der Waals surface area contributed by atoms with Gasteiger partial charge in [0.1, 0.15) is 11.4 Å². The normalized spacial score (nSPS) is 11.6. The number of carbonyl (C=O) groups is 1. The lowest BCUT2D eigenvalue weighted by Crippen LogP contribution is -2.28. The minimum atomic E-state index is -3.80. The van der Waals surface area contributed by atoms with Crippen molar-refractivity contribution in [2.75, 3.05) is 5.32 Å². The van der Waals surface area contributed by atoms with Gasteiger partial charge in [0.15, 0.2) is 4.77 Å². The SMILES string of the molecule is CCc1cc2c(=O)n(CC(=O)Nc3ccc(S(N)(=O)=O)cc3)c(=S)[nH]c2s1. The van der Waals surface area contributed by atoms with Crippen LogP contribution in [0.15, 0.2) is 40.0 Å². The average molecular weight is 425 g/mol. The minimum absolute atomic E-state index is 0.0613. The van der Waals surface area contributed by atoms with Crippen LogP contribution in [0.1, 0.15) is 11.8 Å². The molecule has 0 spiro atoms. The summed E-state index contributed by atoms with van der Waals surface area (Å²) in [7, 11) is -3.80. The molecule has 0 saturated heterocycles. The Bertz CT molecular complexity index is 1240. The Morgan fingerprint density at radius 2 is 2.00 bits per heavy atom. The Kier molecular flexibility index (Phi) is 5.29. The fourth-order valence-electron chi connectivity index (χ4n) is 2.49. The summed E-state index contributed by atoms with van der Waals surface area (Å²) in [5.74, 6) is -0.467.